The van der Waals surface area contributed by atoms with Gasteiger partial charge in [0.15, 0.2) is 0 Å². The third-order valence-corrected chi connectivity index (χ3v) is 3.50. The number of benzene rings is 1. The summed E-state index contributed by atoms with van der Waals surface area (Å²) in [4.78, 5) is 6.11. The maximum atomic E-state index is 4.65. The van der Waals surface area contributed by atoms with Crippen LogP contribution in [0.1, 0.15) is 24.7 Å². The van der Waals surface area contributed by atoms with E-state index >= 15 is 0 Å². The number of nitrogens with zero attached hydrogens (tertiary/aromatic N) is 5. The zero-order valence-corrected chi connectivity index (χ0v) is 13.4. The number of aromatic nitrogens is 5. The second kappa shape index (κ2) is 7.00. The van der Waals surface area contributed by atoms with Gasteiger partial charge < -0.3 is 5.32 Å². The third-order valence-electron chi connectivity index (χ3n) is 3.50. The number of hydrogen-bond acceptors (Lipinski definition) is 5. The van der Waals surface area contributed by atoms with Gasteiger partial charge in [-0.2, -0.15) is 4.80 Å². The van der Waals surface area contributed by atoms with Gasteiger partial charge in [-0.25, -0.2) is 0 Å². The third kappa shape index (κ3) is 3.91. The lowest BCUT2D eigenvalue weighted by molar-refractivity contribution is 0.630. The highest BCUT2D eigenvalue weighted by Crippen LogP contribution is 2.17. The minimum atomic E-state index is 0.632. The summed E-state index contributed by atoms with van der Waals surface area (Å²) in [7, 11) is 1.76. The minimum Gasteiger partial charge on any atom is -0.379 e. The summed E-state index contributed by atoms with van der Waals surface area (Å²) < 4.78 is 0. The molecule has 0 saturated carbocycles. The Morgan fingerprint density at radius 3 is 2.52 bits per heavy atom. The van der Waals surface area contributed by atoms with Gasteiger partial charge in [0.1, 0.15) is 0 Å². The molecular formula is C17H20N6. The summed E-state index contributed by atoms with van der Waals surface area (Å²) in [5, 5.41) is 15.4. The summed E-state index contributed by atoms with van der Waals surface area (Å²) in [6, 6.07) is 14.2. The summed E-state index contributed by atoms with van der Waals surface area (Å²) in [6.45, 7) is 2.88. The molecule has 2 aromatic heterocycles. The van der Waals surface area contributed by atoms with Gasteiger partial charge in [0.25, 0.3) is 0 Å². The van der Waals surface area contributed by atoms with E-state index in [4.69, 9.17) is 0 Å². The molecule has 0 aliphatic heterocycles. The van der Waals surface area contributed by atoms with Gasteiger partial charge in [-0.05, 0) is 48.0 Å². The van der Waals surface area contributed by atoms with Crippen LogP contribution in [0.2, 0.25) is 0 Å². The lowest BCUT2D eigenvalue weighted by atomic mass is 10.2. The maximum absolute atomic E-state index is 4.65. The fourth-order valence-corrected chi connectivity index (χ4v) is 2.35. The Morgan fingerprint density at radius 2 is 1.83 bits per heavy atom. The Kier molecular flexibility index (Phi) is 4.61. The van der Waals surface area contributed by atoms with Crippen LogP contribution >= 0.6 is 0 Å². The van der Waals surface area contributed by atoms with E-state index in [9.17, 15) is 0 Å². The molecule has 0 spiro atoms. The molecule has 0 aliphatic carbocycles. The van der Waals surface area contributed by atoms with Crippen LogP contribution in [0.4, 0.5) is 5.69 Å². The Hall–Kier alpha value is -2.76. The van der Waals surface area contributed by atoms with Crippen molar-refractivity contribution in [1.82, 2.24) is 25.2 Å². The molecule has 23 heavy (non-hydrogen) atoms. The molecule has 1 aromatic carbocycles. The van der Waals surface area contributed by atoms with Crippen LogP contribution in [0.15, 0.2) is 42.5 Å². The second-order valence-electron chi connectivity index (χ2n) is 5.40. The van der Waals surface area contributed by atoms with Crippen LogP contribution in [0, 0.1) is 0 Å². The Morgan fingerprint density at radius 1 is 1.04 bits per heavy atom. The van der Waals surface area contributed by atoms with E-state index in [1.54, 1.807) is 7.05 Å². The van der Waals surface area contributed by atoms with Crippen LogP contribution in [-0.4, -0.2) is 25.2 Å². The van der Waals surface area contributed by atoms with E-state index in [0.717, 1.165) is 35.5 Å². The van der Waals surface area contributed by atoms with E-state index in [0.29, 0.717) is 12.4 Å². The lowest BCUT2D eigenvalue weighted by Crippen LogP contribution is -2.03. The number of pyridine rings is 1. The monoisotopic (exact) mass is 308 g/mol. The molecule has 0 bridgehead atoms. The lowest BCUT2D eigenvalue weighted by Gasteiger charge is -2.07. The molecule has 6 nitrogen and oxygen atoms in total. The average Bonchev–Trinajstić information content (AvgIpc) is 3.01. The molecule has 1 N–H and O–H groups in total. The molecular weight excluding hydrogens is 288 g/mol. The zero-order valence-electron chi connectivity index (χ0n) is 13.4. The Labute approximate surface area is 135 Å². The first kappa shape index (κ1) is 15.1. The average molecular weight is 308 g/mol. The molecule has 2 heterocycles. The van der Waals surface area contributed by atoms with Gasteiger partial charge >= 0.3 is 0 Å². The van der Waals surface area contributed by atoms with Crippen molar-refractivity contribution in [3.63, 3.8) is 0 Å². The summed E-state index contributed by atoms with van der Waals surface area (Å²) >= 11 is 0. The van der Waals surface area contributed by atoms with E-state index in [1.807, 2.05) is 30.3 Å². The number of tetrazole rings is 1. The van der Waals surface area contributed by atoms with Crippen molar-refractivity contribution in [2.24, 2.45) is 7.05 Å². The van der Waals surface area contributed by atoms with E-state index in [2.05, 4.69) is 44.8 Å². The van der Waals surface area contributed by atoms with Crippen LogP contribution in [0.5, 0.6) is 0 Å². The fourth-order valence-electron chi connectivity index (χ4n) is 2.35. The predicted octanol–water partition coefficient (Wildman–Crippen LogP) is 2.84. The summed E-state index contributed by atoms with van der Waals surface area (Å²) in [5.74, 6) is 0.632. The topological polar surface area (TPSA) is 68.5 Å². The standard InChI is InChI=1S/C17H20N6/c1-3-5-15-6-4-7-16(19-15)12-18-14-10-8-13(9-11-14)17-20-22-23(2)21-17/h4,6-11,18H,3,5,12H2,1-2H3. The van der Waals surface area contributed by atoms with Gasteiger partial charge in [-0.3, -0.25) is 4.98 Å². The molecule has 3 rings (SSSR count). The number of aryl methyl sites for hydroxylation is 2. The molecule has 0 atom stereocenters. The van der Waals surface area contributed by atoms with Crippen LogP contribution in [-0.2, 0) is 20.0 Å². The molecule has 0 unspecified atom stereocenters. The molecule has 0 fully saturated rings. The second-order valence-corrected chi connectivity index (χ2v) is 5.40. The minimum absolute atomic E-state index is 0.632. The van der Waals surface area contributed by atoms with E-state index in [-0.39, 0.29) is 0 Å². The molecule has 0 saturated heterocycles. The number of anilines is 1. The van der Waals surface area contributed by atoms with Gasteiger partial charge in [-0.15, -0.1) is 10.2 Å². The van der Waals surface area contributed by atoms with E-state index in [1.165, 1.54) is 4.80 Å². The van der Waals surface area contributed by atoms with E-state index < -0.39 is 0 Å². The maximum Gasteiger partial charge on any atom is 0.204 e. The molecule has 0 aliphatic rings. The molecule has 0 radical (unpaired) electrons. The van der Waals surface area contributed by atoms with Crippen LogP contribution < -0.4 is 5.32 Å². The van der Waals surface area contributed by atoms with Gasteiger partial charge in [0.2, 0.25) is 5.82 Å². The number of rotatable bonds is 6. The quantitative estimate of drug-likeness (QED) is 0.758. The van der Waals surface area contributed by atoms with Crippen molar-refractivity contribution in [3.8, 4) is 11.4 Å². The van der Waals surface area contributed by atoms with Gasteiger partial charge in [0, 0.05) is 16.9 Å². The molecule has 0 amide bonds. The molecule has 6 heteroatoms. The Bertz CT molecular complexity index is 763. The van der Waals surface area contributed by atoms with Gasteiger partial charge in [0.05, 0.1) is 19.3 Å². The van der Waals surface area contributed by atoms with Gasteiger partial charge in [-0.1, -0.05) is 19.4 Å². The number of hydrogen-bond donors (Lipinski definition) is 1. The highest BCUT2D eigenvalue weighted by Gasteiger charge is 2.04. The van der Waals surface area contributed by atoms with Crippen LogP contribution in [0.25, 0.3) is 11.4 Å². The first-order chi connectivity index (χ1) is 11.2. The molecule has 3 aromatic rings. The molecule has 118 valence electrons. The predicted molar refractivity (Wildman–Crippen MR) is 89.8 cm³/mol. The largest absolute Gasteiger partial charge is 0.379 e. The highest BCUT2D eigenvalue weighted by atomic mass is 15.6. The first-order valence-corrected chi connectivity index (χ1v) is 7.77. The number of nitrogens with one attached hydrogen (secondary N) is 1. The first-order valence-electron chi connectivity index (χ1n) is 7.77. The fraction of sp³-hybridized carbons (Fsp3) is 0.294. The van der Waals surface area contributed by atoms with Crippen molar-refractivity contribution in [2.45, 2.75) is 26.3 Å². The summed E-state index contributed by atoms with van der Waals surface area (Å²) in [5.41, 5.74) is 4.19. The summed E-state index contributed by atoms with van der Waals surface area (Å²) in [6.07, 6.45) is 2.13. The normalized spacial score (nSPS) is 10.7. The van der Waals surface area contributed by atoms with Crippen molar-refractivity contribution < 1.29 is 0 Å². The van der Waals surface area contributed by atoms with Crippen molar-refractivity contribution >= 4 is 5.69 Å². The van der Waals surface area contributed by atoms with Crippen molar-refractivity contribution in [2.75, 3.05) is 5.32 Å². The SMILES string of the molecule is CCCc1cccc(CNc2ccc(-c3nnn(C)n3)cc2)n1. The highest BCUT2D eigenvalue weighted by molar-refractivity contribution is 5.59. The smallest absolute Gasteiger partial charge is 0.204 e. The van der Waals surface area contributed by atoms with Crippen molar-refractivity contribution in [1.29, 1.82) is 0 Å². The van der Waals surface area contributed by atoms with Crippen LogP contribution in [0.3, 0.4) is 0 Å². The zero-order chi connectivity index (χ0) is 16.1. The van der Waals surface area contributed by atoms with Crippen molar-refractivity contribution in [3.05, 3.63) is 53.9 Å². The Balaban J connectivity index is 1.63.